The zero-order valence-electron chi connectivity index (χ0n) is 11.5. The summed E-state index contributed by atoms with van der Waals surface area (Å²) in [5.41, 5.74) is 3.49. The Morgan fingerprint density at radius 3 is 2.70 bits per heavy atom. The van der Waals surface area contributed by atoms with E-state index in [4.69, 9.17) is 32.7 Å². The number of carbonyl (C=O) groups is 1. The third kappa shape index (κ3) is 4.02. The van der Waals surface area contributed by atoms with Gasteiger partial charge in [-0.2, -0.15) is 5.10 Å². The Morgan fingerprint density at radius 2 is 1.91 bits per heavy atom. The van der Waals surface area contributed by atoms with Crippen LogP contribution in [0.4, 0.5) is 10.5 Å². The van der Waals surface area contributed by atoms with Crippen molar-refractivity contribution in [2.75, 3.05) is 12.1 Å². The molecule has 0 saturated heterocycles. The zero-order chi connectivity index (χ0) is 16.2. The molecule has 0 spiro atoms. The molecule has 0 fully saturated rings. The molecule has 0 bridgehead atoms. The van der Waals surface area contributed by atoms with E-state index in [0.717, 1.165) is 5.56 Å². The van der Waals surface area contributed by atoms with Crippen LogP contribution in [0.1, 0.15) is 5.56 Å². The minimum Gasteiger partial charge on any atom is -0.454 e. The monoisotopic (exact) mass is 352 g/mol. The number of nitrogens with zero attached hydrogens (tertiary/aromatic N) is 2. The highest BCUT2D eigenvalue weighted by Crippen LogP contribution is 2.31. The molecule has 0 radical (unpaired) electrons. The molecular weight excluding hydrogens is 343 g/mol. The van der Waals surface area contributed by atoms with E-state index in [1.165, 1.54) is 18.3 Å². The average molecular weight is 353 g/mol. The maximum Gasteiger partial charge on any atom is 0.339 e. The summed E-state index contributed by atoms with van der Waals surface area (Å²) in [5.74, 6) is 1.32. The lowest BCUT2D eigenvalue weighted by atomic mass is 10.2. The lowest BCUT2D eigenvalue weighted by Gasteiger charge is -2.04. The smallest absolute Gasteiger partial charge is 0.339 e. The second-order valence-corrected chi connectivity index (χ2v) is 5.21. The minimum absolute atomic E-state index is 0.177. The van der Waals surface area contributed by atoms with Gasteiger partial charge in [-0.1, -0.05) is 23.2 Å². The van der Waals surface area contributed by atoms with E-state index in [9.17, 15) is 4.79 Å². The number of hydrazone groups is 1. The first kappa shape index (κ1) is 15.4. The molecule has 1 aromatic heterocycles. The molecule has 0 atom stereocenters. The second-order valence-electron chi connectivity index (χ2n) is 4.44. The van der Waals surface area contributed by atoms with Gasteiger partial charge in [0.25, 0.3) is 0 Å². The van der Waals surface area contributed by atoms with Crippen LogP contribution in [0.3, 0.4) is 0 Å². The SMILES string of the molecule is O=C(NN=Cc1ccc2c(c1)OCO2)Nc1cc(Cl)nc(Cl)c1. The van der Waals surface area contributed by atoms with Crippen LogP contribution in [0.15, 0.2) is 35.4 Å². The summed E-state index contributed by atoms with van der Waals surface area (Å²) in [6.07, 6.45) is 1.48. The number of hydrogen-bond donors (Lipinski definition) is 2. The number of nitrogens with one attached hydrogen (secondary N) is 2. The molecule has 3 rings (SSSR count). The highest BCUT2D eigenvalue weighted by Gasteiger charge is 2.12. The number of fused-ring (bicyclic) bond motifs is 1. The molecule has 0 unspecified atom stereocenters. The van der Waals surface area contributed by atoms with E-state index >= 15 is 0 Å². The van der Waals surface area contributed by atoms with Gasteiger partial charge in [0, 0.05) is 5.69 Å². The number of pyridine rings is 1. The van der Waals surface area contributed by atoms with E-state index < -0.39 is 6.03 Å². The number of rotatable bonds is 3. The topological polar surface area (TPSA) is 84.8 Å². The van der Waals surface area contributed by atoms with Crippen molar-refractivity contribution in [1.82, 2.24) is 10.4 Å². The molecule has 7 nitrogen and oxygen atoms in total. The predicted octanol–water partition coefficient (Wildman–Crippen LogP) is 3.27. The van der Waals surface area contributed by atoms with Crippen LogP contribution in [0, 0.1) is 0 Å². The zero-order valence-corrected chi connectivity index (χ0v) is 13.1. The summed E-state index contributed by atoms with van der Waals surface area (Å²) >= 11 is 11.5. The maximum absolute atomic E-state index is 11.7. The van der Waals surface area contributed by atoms with Gasteiger partial charge in [-0.25, -0.2) is 15.2 Å². The summed E-state index contributed by atoms with van der Waals surface area (Å²) in [7, 11) is 0. The number of ether oxygens (including phenoxy) is 2. The van der Waals surface area contributed by atoms with Crippen LogP contribution >= 0.6 is 23.2 Å². The Balaban J connectivity index is 1.58. The number of amides is 2. The summed E-state index contributed by atoms with van der Waals surface area (Å²) < 4.78 is 10.5. The van der Waals surface area contributed by atoms with Crippen molar-refractivity contribution in [2.45, 2.75) is 0 Å². The summed E-state index contributed by atoms with van der Waals surface area (Å²) in [6.45, 7) is 0.202. The summed E-state index contributed by atoms with van der Waals surface area (Å²) in [6, 6.07) is 7.71. The lowest BCUT2D eigenvalue weighted by Crippen LogP contribution is -2.24. The molecule has 0 aliphatic carbocycles. The third-order valence-electron chi connectivity index (χ3n) is 2.80. The van der Waals surface area contributed by atoms with Crippen molar-refractivity contribution >= 4 is 41.1 Å². The molecule has 9 heteroatoms. The van der Waals surface area contributed by atoms with E-state index in [1.54, 1.807) is 18.2 Å². The van der Waals surface area contributed by atoms with Gasteiger partial charge in [-0.3, -0.25) is 0 Å². The number of halogens is 2. The van der Waals surface area contributed by atoms with Crippen LogP contribution in [-0.4, -0.2) is 24.0 Å². The second kappa shape index (κ2) is 6.72. The highest BCUT2D eigenvalue weighted by atomic mass is 35.5. The number of urea groups is 1. The fourth-order valence-corrected chi connectivity index (χ4v) is 2.32. The number of carbonyl (C=O) groups excluding carboxylic acids is 1. The van der Waals surface area contributed by atoms with Gasteiger partial charge in [0.15, 0.2) is 11.5 Å². The van der Waals surface area contributed by atoms with Gasteiger partial charge in [0.05, 0.1) is 6.21 Å². The van der Waals surface area contributed by atoms with Gasteiger partial charge < -0.3 is 14.8 Å². The van der Waals surface area contributed by atoms with Crippen LogP contribution in [0.5, 0.6) is 11.5 Å². The first-order valence-electron chi connectivity index (χ1n) is 6.43. The molecule has 1 aliphatic heterocycles. The molecule has 2 N–H and O–H groups in total. The van der Waals surface area contributed by atoms with Crippen molar-refractivity contribution in [1.29, 1.82) is 0 Å². The lowest BCUT2D eigenvalue weighted by molar-refractivity contribution is 0.174. The van der Waals surface area contributed by atoms with Crippen LogP contribution in [0.25, 0.3) is 0 Å². The maximum atomic E-state index is 11.7. The number of aromatic nitrogens is 1. The normalized spacial score (nSPS) is 12.4. The van der Waals surface area contributed by atoms with Crippen LogP contribution in [-0.2, 0) is 0 Å². The molecule has 23 heavy (non-hydrogen) atoms. The highest BCUT2D eigenvalue weighted by molar-refractivity contribution is 6.32. The Morgan fingerprint density at radius 1 is 1.17 bits per heavy atom. The number of hydrogen-bond acceptors (Lipinski definition) is 5. The van der Waals surface area contributed by atoms with Gasteiger partial charge in [-0.15, -0.1) is 0 Å². The third-order valence-corrected chi connectivity index (χ3v) is 3.18. The first-order valence-corrected chi connectivity index (χ1v) is 7.18. The fourth-order valence-electron chi connectivity index (χ4n) is 1.85. The van der Waals surface area contributed by atoms with Crippen molar-refractivity contribution in [3.8, 4) is 11.5 Å². The average Bonchev–Trinajstić information content (AvgIpc) is 2.93. The van der Waals surface area contributed by atoms with Crippen molar-refractivity contribution in [3.05, 3.63) is 46.2 Å². The van der Waals surface area contributed by atoms with Crippen LogP contribution in [0.2, 0.25) is 10.3 Å². The Kier molecular flexibility index (Phi) is 4.50. The molecule has 2 heterocycles. The van der Waals surface area contributed by atoms with Crippen molar-refractivity contribution in [3.63, 3.8) is 0 Å². The van der Waals surface area contributed by atoms with Gasteiger partial charge >= 0.3 is 6.03 Å². The predicted molar refractivity (Wildman–Crippen MR) is 86.6 cm³/mol. The minimum atomic E-state index is -0.541. The number of anilines is 1. The van der Waals surface area contributed by atoms with E-state index in [0.29, 0.717) is 17.2 Å². The number of benzene rings is 1. The molecule has 2 amide bonds. The van der Waals surface area contributed by atoms with Crippen molar-refractivity contribution < 1.29 is 14.3 Å². The molecule has 1 aliphatic rings. The first-order chi connectivity index (χ1) is 11.1. The van der Waals surface area contributed by atoms with E-state index in [1.807, 2.05) is 0 Å². The molecule has 1 aromatic carbocycles. The Labute approximate surface area is 141 Å². The Bertz CT molecular complexity index is 762. The van der Waals surface area contributed by atoms with Gasteiger partial charge in [0.1, 0.15) is 10.3 Å². The Hall–Kier alpha value is -2.51. The van der Waals surface area contributed by atoms with Gasteiger partial charge in [-0.05, 0) is 35.9 Å². The largest absolute Gasteiger partial charge is 0.454 e. The fraction of sp³-hybridized carbons (Fsp3) is 0.0714. The van der Waals surface area contributed by atoms with E-state index in [2.05, 4.69) is 20.8 Å². The molecule has 118 valence electrons. The molecular formula is C14H10Cl2N4O3. The quantitative estimate of drug-likeness (QED) is 0.504. The standard InChI is InChI=1S/C14H10Cl2N4O3/c15-12-4-9(5-13(16)19-12)18-14(21)20-17-6-8-1-2-10-11(3-8)23-7-22-10/h1-6H,7H2,(H2,18,19,20,21). The molecule has 2 aromatic rings. The van der Waals surface area contributed by atoms with Crippen molar-refractivity contribution in [2.24, 2.45) is 5.10 Å². The molecule has 0 saturated carbocycles. The summed E-state index contributed by atoms with van der Waals surface area (Å²) in [4.78, 5) is 15.5. The van der Waals surface area contributed by atoms with Gasteiger partial charge in [0.2, 0.25) is 6.79 Å². The van der Waals surface area contributed by atoms with E-state index in [-0.39, 0.29) is 17.1 Å². The van der Waals surface area contributed by atoms with Crippen LogP contribution < -0.4 is 20.2 Å². The summed E-state index contributed by atoms with van der Waals surface area (Å²) in [5, 5.41) is 6.73.